The molecule has 0 aliphatic carbocycles. The first-order chi connectivity index (χ1) is 9.95. The van der Waals surface area contributed by atoms with E-state index < -0.39 is 10.7 Å². The molecule has 110 valence electrons. The van der Waals surface area contributed by atoms with Crippen molar-refractivity contribution in [1.82, 2.24) is 0 Å². The average Bonchev–Trinajstić information content (AvgIpc) is 2.45. The summed E-state index contributed by atoms with van der Waals surface area (Å²) >= 11 is 1.49. The SMILES string of the molecule is CC(N)c1cccc(SCc2cc(F)cc([N+](=O)[O-])c2)c1. The molecule has 4 nitrogen and oxygen atoms in total. The van der Waals surface area contributed by atoms with Gasteiger partial charge in [0, 0.05) is 22.8 Å². The number of nitrogens with zero attached hydrogens (tertiary/aromatic N) is 1. The van der Waals surface area contributed by atoms with Gasteiger partial charge in [0.2, 0.25) is 0 Å². The molecule has 0 spiro atoms. The molecule has 2 N–H and O–H groups in total. The Bertz CT molecular complexity index is 662. The zero-order valence-corrected chi connectivity index (χ0v) is 12.3. The lowest BCUT2D eigenvalue weighted by Crippen LogP contribution is -2.04. The summed E-state index contributed by atoms with van der Waals surface area (Å²) in [5.74, 6) is -0.134. The number of thioether (sulfide) groups is 1. The third-order valence-corrected chi connectivity index (χ3v) is 4.01. The quantitative estimate of drug-likeness (QED) is 0.514. The van der Waals surface area contributed by atoms with Crippen LogP contribution in [0.25, 0.3) is 0 Å². The van der Waals surface area contributed by atoms with E-state index in [9.17, 15) is 14.5 Å². The van der Waals surface area contributed by atoms with E-state index in [2.05, 4.69) is 0 Å². The van der Waals surface area contributed by atoms with Crippen LogP contribution in [-0.4, -0.2) is 4.92 Å². The molecule has 0 bridgehead atoms. The van der Waals surface area contributed by atoms with E-state index in [1.807, 2.05) is 31.2 Å². The van der Waals surface area contributed by atoms with Crippen molar-refractivity contribution in [2.75, 3.05) is 0 Å². The van der Waals surface area contributed by atoms with Crippen LogP contribution >= 0.6 is 11.8 Å². The molecule has 0 saturated carbocycles. The highest BCUT2D eigenvalue weighted by Crippen LogP contribution is 2.27. The lowest BCUT2D eigenvalue weighted by molar-refractivity contribution is -0.385. The maximum absolute atomic E-state index is 13.4. The van der Waals surface area contributed by atoms with E-state index in [1.54, 1.807) is 0 Å². The fraction of sp³-hybridized carbons (Fsp3) is 0.200. The van der Waals surface area contributed by atoms with Crippen molar-refractivity contribution in [3.05, 3.63) is 69.5 Å². The molecule has 0 aromatic heterocycles. The summed E-state index contributed by atoms with van der Waals surface area (Å²) in [6, 6.07) is 11.3. The molecule has 0 aliphatic rings. The van der Waals surface area contributed by atoms with Gasteiger partial charge in [-0.25, -0.2) is 4.39 Å². The molecule has 0 heterocycles. The topological polar surface area (TPSA) is 69.2 Å². The predicted octanol–water partition coefficient (Wildman–Crippen LogP) is 4.05. The van der Waals surface area contributed by atoms with E-state index in [1.165, 1.54) is 23.9 Å². The third kappa shape index (κ3) is 4.27. The number of halogens is 1. The first-order valence-corrected chi connectivity index (χ1v) is 7.36. The molecule has 0 aliphatic heterocycles. The number of hydrogen-bond acceptors (Lipinski definition) is 4. The zero-order valence-electron chi connectivity index (χ0n) is 11.5. The third-order valence-electron chi connectivity index (χ3n) is 2.94. The highest BCUT2D eigenvalue weighted by Gasteiger charge is 2.10. The zero-order chi connectivity index (χ0) is 15.4. The summed E-state index contributed by atoms with van der Waals surface area (Å²) in [5.41, 5.74) is 7.20. The monoisotopic (exact) mass is 306 g/mol. The second-order valence-corrected chi connectivity index (χ2v) is 5.77. The lowest BCUT2D eigenvalue weighted by atomic mass is 10.1. The van der Waals surface area contributed by atoms with E-state index in [-0.39, 0.29) is 11.7 Å². The molecular weight excluding hydrogens is 291 g/mol. The van der Waals surface area contributed by atoms with Gasteiger partial charge in [0.15, 0.2) is 0 Å². The summed E-state index contributed by atoms with van der Waals surface area (Å²) < 4.78 is 13.4. The van der Waals surface area contributed by atoms with Gasteiger partial charge in [0.1, 0.15) is 5.82 Å². The first-order valence-electron chi connectivity index (χ1n) is 6.38. The fourth-order valence-corrected chi connectivity index (χ4v) is 2.77. The van der Waals surface area contributed by atoms with Gasteiger partial charge in [-0.15, -0.1) is 11.8 Å². The predicted molar refractivity (Wildman–Crippen MR) is 81.7 cm³/mol. The Morgan fingerprint density at radius 2 is 2.10 bits per heavy atom. The number of hydrogen-bond donors (Lipinski definition) is 1. The Kier molecular flexibility index (Phi) is 4.93. The molecule has 21 heavy (non-hydrogen) atoms. The summed E-state index contributed by atoms with van der Waals surface area (Å²) in [6.45, 7) is 1.90. The van der Waals surface area contributed by atoms with Crippen LogP contribution in [0.15, 0.2) is 47.4 Å². The minimum atomic E-state index is -0.593. The number of rotatable bonds is 5. The van der Waals surface area contributed by atoms with Gasteiger partial charge in [0.05, 0.1) is 11.0 Å². The van der Waals surface area contributed by atoms with Crippen molar-refractivity contribution < 1.29 is 9.31 Å². The average molecular weight is 306 g/mol. The molecule has 0 radical (unpaired) electrons. The van der Waals surface area contributed by atoms with Gasteiger partial charge >= 0.3 is 0 Å². The van der Waals surface area contributed by atoms with Crippen LogP contribution in [-0.2, 0) is 5.75 Å². The van der Waals surface area contributed by atoms with E-state index in [0.29, 0.717) is 11.3 Å². The minimum absolute atomic E-state index is 0.0548. The number of nitrogens with two attached hydrogens (primary N) is 1. The standard InChI is InChI=1S/C15H15FN2O2S/c1-10(17)12-3-2-4-15(7-12)21-9-11-5-13(16)8-14(6-11)18(19)20/h2-8,10H,9,17H2,1H3. The van der Waals surface area contributed by atoms with Crippen molar-refractivity contribution in [3.63, 3.8) is 0 Å². The van der Waals surface area contributed by atoms with Gasteiger partial charge in [0.25, 0.3) is 5.69 Å². The number of nitro benzene ring substituents is 1. The maximum Gasteiger partial charge on any atom is 0.272 e. The summed E-state index contributed by atoms with van der Waals surface area (Å²) in [5, 5.41) is 10.7. The minimum Gasteiger partial charge on any atom is -0.324 e. The van der Waals surface area contributed by atoms with E-state index >= 15 is 0 Å². The molecule has 1 atom stereocenters. The Morgan fingerprint density at radius 3 is 2.76 bits per heavy atom. The summed E-state index contributed by atoms with van der Waals surface area (Å²) in [6.07, 6.45) is 0. The van der Waals surface area contributed by atoms with Crippen LogP contribution in [0.1, 0.15) is 24.1 Å². The molecule has 1 unspecified atom stereocenters. The fourth-order valence-electron chi connectivity index (χ4n) is 1.88. The summed E-state index contributed by atoms with van der Waals surface area (Å²) in [7, 11) is 0. The largest absolute Gasteiger partial charge is 0.324 e. The lowest BCUT2D eigenvalue weighted by Gasteiger charge is -2.08. The van der Waals surface area contributed by atoms with Gasteiger partial charge in [-0.05, 0) is 36.2 Å². The number of nitro groups is 1. The van der Waals surface area contributed by atoms with Gasteiger partial charge in [-0.3, -0.25) is 10.1 Å². The van der Waals surface area contributed by atoms with Gasteiger partial charge in [-0.1, -0.05) is 12.1 Å². The molecule has 6 heteroatoms. The smallest absolute Gasteiger partial charge is 0.272 e. The van der Waals surface area contributed by atoms with Crippen LogP contribution in [0.5, 0.6) is 0 Å². The second kappa shape index (κ2) is 6.69. The van der Waals surface area contributed by atoms with Gasteiger partial charge in [-0.2, -0.15) is 0 Å². The normalized spacial score (nSPS) is 12.1. The summed E-state index contributed by atoms with van der Waals surface area (Å²) in [4.78, 5) is 11.1. The molecular formula is C15H15FN2O2S. The number of non-ortho nitro benzene ring substituents is 1. The molecule has 2 rings (SSSR count). The van der Waals surface area contributed by atoms with Crippen LogP contribution in [0.2, 0.25) is 0 Å². The van der Waals surface area contributed by atoms with Crippen LogP contribution in [0.4, 0.5) is 10.1 Å². The van der Waals surface area contributed by atoms with Crippen molar-refractivity contribution in [1.29, 1.82) is 0 Å². The van der Waals surface area contributed by atoms with Crippen LogP contribution in [0, 0.1) is 15.9 Å². The maximum atomic E-state index is 13.4. The van der Waals surface area contributed by atoms with E-state index in [0.717, 1.165) is 16.5 Å². The highest BCUT2D eigenvalue weighted by atomic mass is 32.2. The van der Waals surface area contributed by atoms with Crippen LogP contribution < -0.4 is 5.73 Å². The van der Waals surface area contributed by atoms with E-state index in [4.69, 9.17) is 5.73 Å². The Hall–Kier alpha value is -1.92. The molecule has 0 fully saturated rings. The van der Waals surface area contributed by atoms with Crippen molar-refractivity contribution in [3.8, 4) is 0 Å². The Labute approximate surface area is 126 Å². The Balaban J connectivity index is 2.13. The first kappa shape index (κ1) is 15.5. The molecule has 0 saturated heterocycles. The van der Waals surface area contributed by atoms with Gasteiger partial charge < -0.3 is 5.73 Å². The highest BCUT2D eigenvalue weighted by molar-refractivity contribution is 7.98. The van der Waals surface area contributed by atoms with Crippen molar-refractivity contribution in [2.45, 2.75) is 23.6 Å². The second-order valence-electron chi connectivity index (χ2n) is 4.72. The molecule has 0 amide bonds. The van der Waals surface area contributed by atoms with Crippen LogP contribution in [0.3, 0.4) is 0 Å². The Morgan fingerprint density at radius 1 is 1.33 bits per heavy atom. The van der Waals surface area contributed by atoms with Crippen molar-refractivity contribution >= 4 is 17.4 Å². The number of benzene rings is 2. The van der Waals surface area contributed by atoms with Crippen molar-refractivity contribution in [2.24, 2.45) is 5.73 Å². The molecule has 2 aromatic rings. The molecule has 2 aromatic carbocycles.